The highest BCUT2D eigenvalue weighted by Crippen LogP contribution is 2.23. The van der Waals surface area contributed by atoms with Crippen LogP contribution in [0.2, 0.25) is 0 Å². The van der Waals surface area contributed by atoms with Gasteiger partial charge >= 0.3 is 0 Å². The molecular formula is C15H19N5O3. The number of ether oxygens (including phenoxy) is 2. The molecule has 23 heavy (non-hydrogen) atoms. The third-order valence-electron chi connectivity index (χ3n) is 3.99. The Kier molecular flexibility index (Phi) is 4.63. The molecule has 1 aliphatic rings. The number of likely N-dealkylation sites (tertiary alicyclic amines) is 1. The first kappa shape index (κ1) is 15.6. The lowest BCUT2D eigenvalue weighted by atomic mass is 10.2. The van der Waals surface area contributed by atoms with Crippen LogP contribution in [0.15, 0.2) is 30.9 Å². The minimum Gasteiger partial charge on any atom is -0.383 e. The van der Waals surface area contributed by atoms with Gasteiger partial charge in [0.15, 0.2) is 0 Å². The number of rotatable bonds is 5. The van der Waals surface area contributed by atoms with E-state index < -0.39 is 0 Å². The molecule has 0 spiro atoms. The zero-order chi connectivity index (χ0) is 16.2. The van der Waals surface area contributed by atoms with Gasteiger partial charge in [0.05, 0.1) is 48.6 Å². The van der Waals surface area contributed by atoms with Gasteiger partial charge in [0.2, 0.25) is 0 Å². The van der Waals surface area contributed by atoms with Gasteiger partial charge in [-0.1, -0.05) is 5.21 Å². The molecule has 0 unspecified atom stereocenters. The van der Waals surface area contributed by atoms with E-state index in [4.69, 9.17) is 9.47 Å². The normalized spacial score (nSPS) is 20.9. The van der Waals surface area contributed by atoms with Crippen molar-refractivity contribution in [1.29, 1.82) is 0 Å². The summed E-state index contributed by atoms with van der Waals surface area (Å²) in [6, 6.07) is 1.76. The van der Waals surface area contributed by atoms with E-state index in [2.05, 4.69) is 15.3 Å². The zero-order valence-electron chi connectivity index (χ0n) is 13.1. The van der Waals surface area contributed by atoms with Gasteiger partial charge in [0.25, 0.3) is 5.91 Å². The lowest BCUT2D eigenvalue weighted by Crippen LogP contribution is -2.38. The fourth-order valence-corrected chi connectivity index (χ4v) is 2.83. The SMILES string of the molecule is COC[C@@H]1C[C@H](OC)CN1C(=O)c1cncc(-n2ccnn2)c1. The molecule has 3 rings (SSSR count). The number of carbonyl (C=O) groups excluding carboxylic acids is 1. The number of aromatic nitrogens is 4. The average molecular weight is 317 g/mol. The molecule has 0 aromatic carbocycles. The summed E-state index contributed by atoms with van der Waals surface area (Å²) in [7, 11) is 3.30. The molecule has 2 aromatic heterocycles. The number of hydrogen-bond acceptors (Lipinski definition) is 6. The molecule has 8 nitrogen and oxygen atoms in total. The second-order valence-electron chi connectivity index (χ2n) is 5.44. The number of nitrogens with zero attached hydrogens (tertiary/aromatic N) is 5. The van der Waals surface area contributed by atoms with Gasteiger partial charge in [-0.3, -0.25) is 9.78 Å². The molecule has 8 heteroatoms. The van der Waals surface area contributed by atoms with Crippen molar-refractivity contribution >= 4 is 5.91 Å². The standard InChI is InChI=1S/C15H19N5O3/c1-22-10-13-6-14(23-2)9-19(13)15(21)11-5-12(8-16-7-11)20-4-3-17-18-20/h3-5,7-8,13-14H,6,9-10H2,1-2H3/t13-,14-/m0/s1. The number of carbonyl (C=O) groups is 1. The predicted octanol–water partition coefficient (Wildman–Crippen LogP) is 0.538. The molecule has 3 heterocycles. The Hall–Kier alpha value is -2.32. The first-order valence-corrected chi connectivity index (χ1v) is 7.37. The second-order valence-corrected chi connectivity index (χ2v) is 5.44. The quantitative estimate of drug-likeness (QED) is 0.800. The van der Waals surface area contributed by atoms with Crippen molar-refractivity contribution in [2.24, 2.45) is 0 Å². The van der Waals surface area contributed by atoms with E-state index in [1.807, 2.05) is 0 Å². The monoisotopic (exact) mass is 317 g/mol. The highest BCUT2D eigenvalue weighted by Gasteiger charge is 2.35. The molecule has 2 aromatic rings. The largest absolute Gasteiger partial charge is 0.383 e. The minimum atomic E-state index is -0.0823. The Labute approximate surface area is 134 Å². The van der Waals surface area contributed by atoms with Crippen LogP contribution in [0.25, 0.3) is 5.69 Å². The van der Waals surface area contributed by atoms with Gasteiger partial charge in [-0.25, -0.2) is 4.68 Å². The maximum Gasteiger partial charge on any atom is 0.255 e. The summed E-state index contributed by atoms with van der Waals surface area (Å²) in [4.78, 5) is 18.8. The first-order valence-electron chi connectivity index (χ1n) is 7.37. The van der Waals surface area contributed by atoms with Gasteiger partial charge < -0.3 is 14.4 Å². The van der Waals surface area contributed by atoms with Crippen LogP contribution in [-0.4, -0.2) is 70.3 Å². The Balaban J connectivity index is 1.83. The van der Waals surface area contributed by atoms with E-state index in [1.165, 1.54) is 0 Å². The third-order valence-corrected chi connectivity index (χ3v) is 3.99. The average Bonchev–Trinajstić information content (AvgIpc) is 3.24. The summed E-state index contributed by atoms with van der Waals surface area (Å²) < 4.78 is 12.2. The fourth-order valence-electron chi connectivity index (χ4n) is 2.83. The zero-order valence-corrected chi connectivity index (χ0v) is 13.1. The molecule has 1 fully saturated rings. The summed E-state index contributed by atoms with van der Waals surface area (Å²) in [6.45, 7) is 1.04. The molecular weight excluding hydrogens is 298 g/mol. The lowest BCUT2D eigenvalue weighted by Gasteiger charge is -2.23. The van der Waals surface area contributed by atoms with Crippen LogP contribution >= 0.6 is 0 Å². The van der Waals surface area contributed by atoms with Crippen LogP contribution in [0.1, 0.15) is 16.8 Å². The summed E-state index contributed by atoms with van der Waals surface area (Å²) in [5.41, 5.74) is 1.20. The molecule has 0 aliphatic carbocycles. The van der Waals surface area contributed by atoms with Crippen LogP contribution in [0.3, 0.4) is 0 Å². The van der Waals surface area contributed by atoms with Gasteiger partial charge in [-0.15, -0.1) is 5.10 Å². The number of amides is 1. The number of methoxy groups -OCH3 is 2. The minimum absolute atomic E-state index is 0.00692. The Morgan fingerprint density at radius 2 is 2.26 bits per heavy atom. The van der Waals surface area contributed by atoms with Crippen LogP contribution in [-0.2, 0) is 9.47 Å². The maximum absolute atomic E-state index is 12.8. The van der Waals surface area contributed by atoms with Crippen LogP contribution < -0.4 is 0 Å². The molecule has 0 N–H and O–H groups in total. The summed E-state index contributed by atoms with van der Waals surface area (Å²) in [6.07, 6.45) is 7.28. The summed E-state index contributed by atoms with van der Waals surface area (Å²) in [5.74, 6) is -0.0823. The van der Waals surface area contributed by atoms with Crippen molar-refractivity contribution in [3.8, 4) is 5.69 Å². The first-order chi connectivity index (χ1) is 11.2. The van der Waals surface area contributed by atoms with Crippen molar-refractivity contribution in [3.63, 3.8) is 0 Å². The molecule has 2 atom stereocenters. The highest BCUT2D eigenvalue weighted by molar-refractivity contribution is 5.94. The van der Waals surface area contributed by atoms with Crippen molar-refractivity contribution in [3.05, 3.63) is 36.4 Å². The molecule has 0 bridgehead atoms. The van der Waals surface area contributed by atoms with Crippen LogP contribution in [0.5, 0.6) is 0 Å². The van der Waals surface area contributed by atoms with Crippen LogP contribution in [0, 0.1) is 0 Å². The second kappa shape index (κ2) is 6.84. The van der Waals surface area contributed by atoms with E-state index in [0.29, 0.717) is 24.4 Å². The Morgan fingerprint density at radius 3 is 2.96 bits per heavy atom. The van der Waals surface area contributed by atoms with Crippen molar-refractivity contribution in [1.82, 2.24) is 24.9 Å². The molecule has 1 amide bonds. The molecule has 1 saturated heterocycles. The van der Waals surface area contributed by atoms with Gasteiger partial charge in [0.1, 0.15) is 0 Å². The third kappa shape index (κ3) is 3.22. The lowest BCUT2D eigenvalue weighted by molar-refractivity contribution is 0.0611. The van der Waals surface area contributed by atoms with E-state index in [9.17, 15) is 4.79 Å². The molecule has 0 saturated carbocycles. The summed E-state index contributed by atoms with van der Waals surface area (Å²) >= 11 is 0. The fraction of sp³-hybridized carbons (Fsp3) is 0.467. The van der Waals surface area contributed by atoms with Crippen molar-refractivity contribution in [2.45, 2.75) is 18.6 Å². The van der Waals surface area contributed by atoms with Gasteiger partial charge in [-0.2, -0.15) is 0 Å². The molecule has 0 radical (unpaired) electrons. The van der Waals surface area contributed by atoms with E-state index in [1.54, 1.807) is 54.7 Å². The predicted molar refractivity (Wildman–Crippen MR) is 81.3 cm³/mol. The molecule has 122 valence electrons. The van der Waals surface area contributed by atoms with Gasteiger partial charge in [-0.05, 0) is 12.5 Å². The Morgan fingerprint density at radius 1 is 1.39 bits per heavy atom. The number of hydrogen-bond donors (Lipinski definition) is 0. The van der Waals surface area contributed by atoms with Crippen LogP contribution in [0.4, 0.5) is 0 Å². The maximum atomic E-state index is 12.8. The van der Waals surface area contributed by atoms with Crippen molar-refractivity contribution < 1.29 is 14.3 Å². The summed E-state index contributed by atoms with van der Waals surface area (Å²) in [5, 5.41) is 7.68. The smallest absolute Gasteiger partial charge is 0.255 e. The van der Waals surface area contributed by atoms with E-state index >= 15 is 0 Å². The van der Waals surface area contributed by atoms with E-state index in [0.717, 1.165) is 6.42 Å². The topological polar surface area (TPSA) is 82.4 Å². The Bertz CT molecular complexity index is 661. The molecule has 1 aliphatic heterocycles. The van der Waals surface area contributed by atoms with Crippen molar-refractivity contribution in [2.75, 3.05) is 27.4 Å². The number of pyridine rings is 1. The van der Waals surface area contributed by atoms with Gasteiger partial charge in [0, 0.05) is 27.0 Å². The van der Waals surface area contributed by atoms with E-state index in [-0.39, 0.29) is 18.1 Å². The highest BCUT2D eigenvalue weighted by atomic mass is 16.5.